The number of likely N-dealkylation sites (tertiary alicyclic amines) is 1. The van der Waals surface area contributed by atoms with Crippen LogP contribution in [-0.2, 0) is 0 Å². The largest absolute Gasteiger partial charge is 0.393 e. The Morgan fingerprint density at radius 2 is 1.57 bits per heavy atom. The van der Waals surface area contributed by atoms with Gasteiger partial charge in [0.2, 0.25) is 0 Å². The van der Waals surface area contributed by atoms with E-state index in [9.17, 15) is 9.90 Å². The van der Waals surface area contributed by atoms with Crippen LogP contribution in [0, 0.1) is 0 Å². The van der Waals surface area contributed by atoms with Crippen LogP contribution in [0.4, 0.5) is 0 Å². The molecule has 1 aromatic carbocycles. The van der Waals surface area contributed by atoms with Crippen molar-refractivity contribution >= 4 is 17.5 Å². The molecule has 2 aliphatic rings. The van der Waals surface area contributed by atoms with Crippen molar-refractivity contribution in [1.82, 2.24) is 10.2 Å². The lowest BCUT2D eigenvalue weighted by molar-refractivity contribution is 0.0689. The number of nitrogens with one attached hydrogen (secondary N) is 1. The highest BCUT2D eigenvalue weighted by Crippen LogP contribution is 2.21. The zero-order valence-corrected chi connectivity index (χ0v) is 14.1. The third-order valence-corrected chi connectivity index (χ3v) is 5.29. The summed E-state index contributed by atoms with van der Waals surface area (Å²) in [5.41, 5.74) is 0.710. The number of benzene rings is 1. The molecule has 1 amide bonds. The SMILES string of the molecule is O=C(c1ccc(Cl)cc1)N1CCC(NC2CCC(O)CC2)CC1. The molecule has 1 saturated heterocycles. The highest BCUT2D eigenvalue weighted by atomic mass is 35.5. The van der Waals surface area contributed by atoms with Crippen molar-refractivity contribution in [2.24, 2.45) is 0 Å². The molecule has 1 heterocycles. The minimum absolute atomic E-state index is 0.0981. The van der Waals surface area contributed by atoms with Gasteiger partial charge in [-0.05, 0) is 62.8 Å². The number of amides is 1. The maximum Gasteiger partial charge on any atom is 0.253 e. The summed E-state index contributed by atoms with van der Waals surface area (Å²) in [7, 11) is 0. The molecular weight excluding hydrogens is 312 g/mol. The van der Waals surface area contributed by atoms with Crippen LogP contribution in [0.25, 0.3) is 0 Å². The minimum Gasteiger partial charge on any atom is -0.393 e. The predicted octanol–water partition coefficient (Wildman–Crippen LogP) is 2.84. The molecule has 23 heavy (non-hydrogen) atoms. The number of carbonyl (C=O) groups is 1. The summed E-state index contributed by atoms with van der Waals surface area (Å²) in [5.74, 6) is 0.0981. The fourth-order valence-corrected chi connectivity index (χ4v) is 3.73. The van der Waals surface area contributed by atoms with Gasteiger partial charge >= 0.3 is 0 Å². The first-order valence-electron chi connectivity index (χ1n) is 8.61. The number of halogens is 1. The van der Waals surface area contributed by atoms with Crippen LogP contribution in [0.15, 0.2) is 24.3 Å². The average molecular weight is 337 g/mol. The molecule has 0 atom stereocenters. The van der Waals surface area contributed by atoms with Gasteiger partial charge in [-0.1, -0.05) is 11.6 Å². The molecule has 0 radical (unpaired) electrons. The van der Waals surface area contributed by atoms with E-state index in [2.05, 4.69) is 5.32 Å². The van der Waals surface area contributed by atoms with Crippen LogP contribution in [0.2, 0.25) is 5.02 Å². The molecule has 2 fully saturated rings. The first kappa shape index (κ1) is 16.7. The second-order valence-corrected chi connectivity index (χ2v) is 7.18. The predicted molar refractivity (Wildman–Crippen MR) is 91.8 cm³/mol. The Hall–Kier alpha value is -1.10. The molecule has 0 unspecified atom stereocenters. The van der Waals surface area contributed by atoms with Gasteiger partial charge < -0.3 is 15.3 Å². The van der Waals surface area contributed by atoms with Crippen LogP contribution in [0.3, 0.4) is 0 Å². The normalized spacial score (nSPS) is 26.3. The summed E-state index contributed by atoms with van der Waals surface area (Å²) < 4.78 is 0. The number of rotatable bonds is 3. The van der Waals surface area contributed by atoms with Gasteiger partial charge in [0.1, 0.15) is 0 Å². The highest BCUT2D eigenvalue weighted by molar-refractivity contribution is 6.30. The minimum atomic E-state index is -0.105. The summed E-state index contributed by atoms with van der Waals surface area (Å²) in [6.07, 6.45) is 5.83. The Labute approximate surface area is 142 Å². The van der Waals surface area contributed by atoms with Gasteiger partial charge in [-0.25, -0.2) is 0 Å². The lowest BCUT2D eigenvalue weighted by Gasteiger charge is -2.36. The van der Waals surface area contributed by atoms with Crippen LogP contribution in [0.5, 0.6) is 0 Å². The smallest absolute Gasteiger partial charge is 0.253 e. The highest BCUT2D eigenvalue weighted by Gasteiger charge is 2.26. The van der Waals surface area contributed by atoms with Crippen LogP contribution in [0.1, 0.15) is 48.9 Å². The van der Waals surface area contributed by atoms with Crippen molar-refractivity contribution < 1.29 is 9.90 Å². The second kappa shape index (κ2) is 7.65. The van der Waals surface area contributed by atoms with Crippen LogP contribution < -0.4 is 5.32 Å². The number of piperidine rings is 1. The van der Waals surface area contributed by atoms with Crippen molar-refractivity contribution in [3.63, 3.8) is 0 Å². The molecule has 126 valence electrons. The van der Waals surface area contributed by atoms with Crippen LogP contribution >= 0.6 is 11.6 Å². The molecule has 0 spiro atoms. The maximum absolute atomic E-state index is 12.5. The Balaban J connectivity index is 1.46. The molecule has 0 aromatic heterocycles. The molecule has 0 bridgehead atoms. The molecule has 1 aliphatic heterocycles. The number of hydrogen-bond donors (Lipinski definition) is 2. The Bertz CT molecular complexity index is 518. The average Bonchev–Trinajstić information content (AvgIpc) is 2.58. The fraction of sp³-hybridized carbons (Fsp3) is 0.611. The molecule has 1 aromatic rings. The van der Waals surface area contributed by atoms with E-state index in [4.69, 9.17) is 11.6 Å². The maximum atomic E-state index is 12.5. The summed E-state index contributed by atoms with van der Waals surface area (Å²) in [6, 6.07) is 8.14. The molecule has 4 nitrogen and oxygen atoms in total. The van der Waals surface area contributed by atoms with E-state index in [-0.39, 0.29) is 12.0 Å². The van der Waals surface area contributed by atoms with Crippen molar-refractivity contribution in [1.29, 1.82) is 0 Å². The van der Waals surface area contributed by atoms with Gasteiger partial charge in [-0.3, -0.25) is 4.79 Å². The lowest BCUT2D eigenvalue weighted by atomic mass is 9.91. The van der Waals surface area contributed by atoms with Gasteiger partial charge in [0.05, 0.1) is 6.10 Å². The summed E-state index contributed by atoms with van der Waals surface area (Å²) >= 11 is 5.87. The van der Waals surface area contributed by atoms with E-state index >= 15 is 0 Å². The van der Waals surface area contributed by atoms with E-state index < -0.39 is 0 Å². The zero-order valence-electron chi connectivity index (χ0n) is 13.4. The summed E-state index contributed by atoms with van der Waals surface area (Å²) in [5, 5.41) is 13.9. The molecule has 1 aliphatic carbocycles. The number of carbonyl (C=O) groups excluding carboxylic acids is 1. The topological polar surface area (TPSA) is 52.6 Å². The fourth-order valence-electron chi connectivity index (χ4n) is 3.60. The van der Waals surface area contributed by atoms with Gasteiger partial charge in [0, 0.05) is 35.8 Å². The van der Waals surface area contributed by atoms with E-state index in [1.54, 1.807) is 24.3 Å². The van der Waals surface area contributed by atoms with Gasteiger partial charge in [0.25, 0.3) is 5.91 Å². The van der Waals surface area contributed by atoms with Gasteiger partial charge in [0.15, 0.2) is 0 Å². The Morgan fingerprint density at radius 1 is 1.00 bits per heavy atom. The summed E-state index contributed by atoms with van der Waals surface area (Å²) in [6.45, 7) is 1.60. The molecule has 2 N–H and O–H groups in total. The molecule has 5 heteroatoms. The second-order valence-electron chi connectivity index (χ2n) is 6.75. The van der Waals surface area contributed by atoms with Crippen molar-refractivity contribution in [3.8, 4) is 0 Å². The Kier molecular flexibility index (Phi) is 5.57. The van der Waals surface area contributed by atoms with E-state index in [1.165, 1.54) is 0 Å². The zero-order chi connectivity index (χ0) is 16.2. The molecule has 1 saturated carbocycles. The van der Waals surface area contributed by atoms with Crippen molar-refractivity contribution in [3.05, 3.63) is 34.9 Å². The van der Waals surface area contributed by atoms with E-state index in [0.717, 1.165) is 51.6 Å². The van der Waals surface area contributed by atoms with Gasteiger partial charge in [-0.2, -0.15) is 0 Å². The lowest BCUT2D eigenvalue weighted by Crippen LogP contribution is -2.48. The van der Waals surface area contributed by atoms with E-state index in [1.807, 2.05) is 4.90 Å². The third kappa shape index (κ3) is 4.46. The number of nitrogens with zero attached hydrogens (tertiary/aromatic N) is 1. The quantitative estimate of drug-likeness (QED) is 0.892. The van der Waals surface area contributed by atoms with Crippen molar-refractivity contribution in [2.75, 3.05) is 13.1 Å². The molecular formula is C18H25ClN2O2. The van der Waals surface area contributed by atoms with Crippen molar-refractivity contribution in [2.45, 2.75) is 56.7 Å². The molecule has 3 rings (SSSR count). The van der Waals surface area contributed by atoms with Crippen LogP contribution in [-0.4, -0.2) is 47.2 Å². The number of aliphatic hydroxyl groups is 1. The summed E-state index contributed by atoms with van der Waals surface area (Å²) in [4.78, 5) is 14.4. The number of aliphatic hydroxyl groups excluding tert-OH is 1. The number of hydrogen-bond acceptors (Lipinski definition) is 3. The Morgan fingerprint density at radius 3 is 2.17 bits per heavy atom. The third-order valence-electron chi connectivity index (χ3n) is 5.04. The first-order valence-corrected chi connectivity index (χ1v) is 8.98. The monoisotopic (exact) mass is 336 g/mol. The first-order chi connectivity index (χ1) is 11.1. The van der Waals surface area contributed by atoms with E-state index in [0.29, 0.717) is 22.7 Å². The standard InChI is InChI=1S/C18H25ClN2O2/c19-14-3-1-13(2-4-14)18(23)21-11-9-16(10-12-21)20-15-5-7-17(22)8-6-15/h1-4,15-17,20,22H,5-12H2. The van der Waals surface area contributed by atoms with Gasteiger partial charge in [-0.15, -0.1) is 0 Å².